The van der Waals surface area contributed by atoms with Crippen molar-refractivity contribution in [2.45, 2.75) is 25.3 Å². The van der Waals surface area contributed by atoms with Gasteiger partial charge in [0.05, 0.1) is 23.6 Å². The summed E-state index contributed by atoms with van der Waals surface area (Å²) >= 11 is 0. The van der Waals surface area contributed by atoms with E-state index in [1.165, 1.54) is 9.36 Å². The highest BCUT2D eigenvalue weighted by molar-refractivity contribution is 6.04. The highest BCUT2D eigenvalue weighted by atomic mass is 16.5. The first-order chi connectivity index (χ1) is 13.6. The number of benzene rings is 2. The molecule has 0 radical (unpaired) electrons. The van der Waals surface area contributed by atoms with Gasteiger partial charge in [-0.3, -0.25) is 14.4 Å². The number of fused-ring (bicyclic) bond motifs is 3. The average Bonchev–Trinajstić information content (AvgIpc) is 3.09. The van der Waals surface area contributed by atoms with Crippen LogP contribution in [0.2, 0.25) is 0 Å². The second-order valence-corrected chi connectivity index (χ2v) is 7.13. The topological polar surface area (TPSA) is 70.3 Å². The van der Waals surface area contributed by atoms with Gasteiger partial charge in [0.2, 0.25) is 0 Å². The molecule has 0 bridgehead atoms. The molecule has 2 heterocycles. The number of methoxy groups -OCH3 is 1. The molecule has 0 fully saturated rings. The molecular formula is C22H18N2O4. The van der Waals surface area contributed by atoms with Gasteiger partial charge < -0.3 is 4.74 Å². The highest BCUT2D eigenvalue weighted by Crippen LogP contribution is 2.41. The van der Waals surface area contributed by atoms with Crippen LogP contribution in [0, 0.1) is 0 Å². The van der Waals surface area contributed by atoms with E-state index in [-0.39, 0.29) is 16.9 Å². The lowest BCUT2D eigenvalue weighted by Crippen LogP contribution is -2.37. The van der Waals surface area contributed by atoms with Crippen molar-refractivity contribution in [3.63, 3.8) is 0 Å². The Morgan fingerprint density at radius 2 is 1.68 bits per heavy atom. The van der Waals surface area contributed by atoms with E-state index in [0.717, 1.165) is 5.56 Å². The molecule has 3 aromatic rings. The molecule has 2 aromatic carbocycles. The van der Waals surface area contributed by atoms with Crippen LogP contribution < -0.4 is 15.9 Å². The summed E-state index contributed by atoms with van der Waals surface area (Å²) in [6, 6.07) is 13.5. The quantitative estimate of drug-likeness (QED) is 0.692. The average molecular weight is 374 g/mol. The van der Waals surface area contributed by atoms with Crippen molar-refractivity contribution in [1.82, 2.24) is 9.36 Å². The Morgan fingerprint density at radius 3 is 2.43 bits per heavy atom. The zero-order valence-electron chi connectivity index (χ0n) is 15.3. The SMILES string of the molecule is COc1cccc(C2C3=C(CCCC3=O)n3c(=O)c4ccccc4c(=O)n32)c1. The number of allylic oxidation sites excluding steroid dienone is 2. The fourth-order valence-corrected chi connectivity index (χ4v) is 4.39. The maximum Gasteiger partial charge on any atom is 0.277 e. The molecule has 1 atom stereocenters. The molecule has 140 valence electrons. The third kappa shape index (κ3) is 2.17. The maximum atomic E-state index is 13.4. The summed E-state index contributed by atoms with van der Waals surface area (Å²) in [6.45, 7) is 0. The number of Topliss-reactive ketones (excluding diaryl/α,β-unsaturated/α-hetero) is 1. The molecule has 6 nitrogen and oxygen atoms in total. The van der Waals surface area contributed by atoms with Crippen LogP contribution in [0.4, 0.5) is 0 Å². The number of hydrogen-bond donors (Lipinski definition) is 0. The summed E-state index contributed by atoms with van der Waals surface area (Å²) in [4.78, 5) is 39.5. The zero-order chi connectivity index (χ0) is 19.4. The van der Waals surface area contributed by atoms with Crippen LogP contribution in [0.5, 0.6) is 5.75 Å². The molecule has 1 aliphatic heterocycles. The summed E-state index contributed by atoms with van der Waals surface area (Å²) in [7, 11) is 1.57. The van der Waals surface area contributed by atoms with Gasteiger partial charge in [0.25, 0.3) is 11.1 Å². The van der Waals surface area contributed by atoms with E-state index < -0.39 is 6.04 Å². The molecule has 0 amide bonds. The normalized spacial score (nSPS) is 18.3. The van der Waals surface area contributed by atoms with E-state index in [0.29, 0.717) is 47.1 Å². The highest BCUT2D eigenvalue weighted by Gasteiger charge is 2.40. The maximum absolute atomic E-state index is 13.4. The monoisotopic (exact) mass is 374 g/mol. The molecule has 1 unspecified atom stereocenters. The molecule has 6 heteroatoms. The van der Waals surface area contributed by atoms with Crippen LogP contribution in [0.1, 0.15) is 30.9 Å². The molecular weight excluding hydrogens is 356 g/mol. The number of carbonyl (C=O) groups is 1. The first kappa shape index (κ1) is 16.7. The van der Waals surface area contributed by atoms with Crippen LogP contribution >= 0.6 is 0 Å². The minimum atomic E-state index is -0.622. The number of ether oxygens (including phenoxy) is 1. The van der Waals surface area contributed by atoms with Gasteiger partial charge >= 0.3 is 0 Å². The molecule has 28 heavy (non-hydrogen) atoms. The van der Waals surface area contributed by atoms with Crippen LogP contribution in [-0.4, -0.2) is 22.3 Å². The number of aromatic nitrogens is 2. The van der Waals surface area contributed by atoms with Crippen molar-refractivity contribution in [3.8, 4) is 5.75 Å². The predicted octanol–water partition coefficient (Wildman–Crippen LogP) is 2.74. The predicted molar refractivity (Wildman–Crippen MR) is 106 cm³/mol. The smallest absolute Gasteiger partial charge is 0.277 e. The van der Waals surface area contributed by atoms with Crippen molar-refractivity contribution < 1.29 is 9.53 Å². The molecule has 0 saturated carbocycles. The van der Waals surface area contributed by atoms with Crippen LogP contribution in [0.25, 0.3) is 16.5 Å². The number of nitrogens with zero attached hydrogens (tertiary/aromatic N) is 2. The fourth-order valence-electron chi connectivity index (χ4n) is 4.39. The lowest BCUT2D eigenvalue weighted by Gasteiger charge is -2.19. The minimum absolute atomic E-state index is 0.00636. The van der Waals surface area contributed by atoms with Crippen molar-refractivity contribution in [2.24, 2.45) is 0 Å². The fraction of sp³-hybridized carbons (Fsp3) is 0.227. The van der Waals surface area contributed by atoms with Crippen LogP contribution in [0.3, 0.4) is 0 Å². The van der Waals surface area contributed by atoms with Gasteiger partial charge in [0, 0.05) is 12.0 Å². The Kier molecular flexibility index (Phi) is 3.62. The minimum Gasteiger partial charge on any atom is -0.497 e. The Labute approximate surface area is 160 Å². The van der Waals surface area contributed by atoms with Crippen LogP contribution in [-0.2, 0) is 4.79 Å². The molecule has 0 saturated heterocycles. The van der Waals surface area contributed by atoms with Crippen molar-refractivity contribution in [3.05, 3.63) is 80.4 Å². The Morgan fingerprint density at radius 1 is 0.929 bits per heavy atom. The first-order valence-corrected chi connectivity index (χ1v) is 9.29. The summed E-state index contributed by atoms with van der Waals surface area (Å²) in [6.07, 6.45) is 1.70. The largest absolute Gasteiger partial charge is 0.497 e. The third-order valence-corrected chi connectivity index (χ3v) is 5.62. The second-order valence-electron chi connectivity index (χ2n) is 7.13. The lowest BCUT2D eigenvalue weighted by atomic mass is 9.88. The van der Waals surface area contributed by atoms with E-state index in [4.69, 9.17) is 4.74 Å². The van der Waals surface area contributed by atoms with Gasteiger partial charge in [0.1, 0.15) is 11.8 Å². The number of carbonyl (C=O) groups excluding carboxylic acids is 1. The van der Waals surface area contributed by atoms with Crippen molar-refractivity contribution in [1.29, 1.82) is 0 Å². The van der Waals surface area contributed by atoms with Crippen LogP contribution in [0.15, 0.2) is 63.7 Å². The Hall–Kier alpha value is -3.41. The summed E-state index contributed by atoms with van der Waals surface area (Å²) in [5, 5.41) is 0.740. The van der Waals surface area contributed by atoms with Gasteiger partial charge in [0.15, 0.2) is 5.78 Å². The van der Waals surface area contributed by atoms with E-state index >= 15 is 0 Å². The van der Waals surface area contributed by atoms with E-state index in [2.05, 4.69) is 0 Å². The molecule has 0 spiro atoms. The van der Waals surface area contributed by atoms with E-state index in [9.17, 15) is 14.4 Å². The summed E-state index contributed by atoms with van der Waals surface area (Å²) in [5.41, 5.74) is 1.42. The molecule has 5 rings (SSSR count). The molecule has 1 aliphatic carbocycles. The number of ketones is 1. The molecule has 0 N–H and O–H groups in total. The standard InChI is InChI=1S/C22H18N2O4/c1-28-14-7-4-6-13(12-14)20-19-17(10-5-11-18(19)25)23-21(26)15-8-2-3-9-16(15)22(27)24(20)23/h2-4,6-9,12,20H,5,10-11H2,1H3. The molecule has 2 aliphatic rings. The zero-order valence-corrected chi connectivity index (χ0v) is 15.3. The van der Waals surface area contributed by atoms with Gasteiger partial charge in [-0.2, -0.15) is 0 Å². The summed E-state index contributed by atoms with van der Waals surface area (Å²) < 4.78 is 8.22. The number of rotatable bonds is 2. The van der Waals surface area contributed by atoms with Gasteiger partial charge in [-0.1, -0.05) is 24.3 Å². The van der Waals surface area contributed by atoms with E-state index in [1.54, 1.807) is 31.4 Å². The lowest BCUT2D eigenvalue weighted by molar-refractivity contribution is -0.116. The summed E-state index contributed by atoms with van der Waals surface area (Å²) in [5.74, 6) is 0.630. The number of hydrogen-bond acceptors (Lipinski definition) is 4. The van der Waals surface area contributed by atoms with Crippen molar-refractivity contribution in [2.75, 3.05) is 7.11 Å². The van der Waals surface area contributed by atoms with Gasteiger partial charge in [-0.05, 0) is 42.7 Å². The third-order valence-electron chi connectivity index (χ3n) is 5.62. The van der Waals surface area contributed by atoms with Crippen molar-refractivity contribution >= 4 is 22.3 Å². The molecule has 1 aromatic heterocycles. The van der Waals surface area contributed by atoms with E-state index in [1.807, 2.05) is 24.3 Å². The first-order valence-electron chi connectivity index (χ1n) is 9.29. The Bertz CT molecular complexity index is 1300. The Balaban J connectivity index is 1.91. The second kappa shape index (κ2) is 6.05. The van der Waals surface area contributed by atoms with Gasteiger partial charge in [-0.25, -0.2) is 9.36 Å². The van der Waals surface area contributed by atoms with Gasteiger partial charge in [-0.15, -0.1) is 0 Å².